The standard InChI is InChI=1S/2C6H7.Co/c2*1-6-4-2-3-5-6;/h2*2-5H,1H3;/q2*-1;+2. The predicted octanol–water partition coefficient (Wildman–Crippen LogP) is 3.43. The van der Waals surface area contributed by atoms with E-state index >= 15 is 0 Å². The Bertz CT molecular complexity index is 245. The number of hydrogen-bond acceptors (Lipinski definition) is 0. The average molecular weight is 217 g/mol. The van der Waals surface area contributed by atoms with Crippen molar-refractivity contribution in [1.29, 1.82) is 0 Å². The van der Waals surface area contributed by atoms with E-state index in [1.807, 2.05) is 24.3 Å². The molecule has 0 saturated heterocycles. The number of aryl methyl sites for hydroxylation is 2. The van der Waals surface area contributed by atoms with E-state index in [9.17, 15) is 0 Å². The van der Waals surface area contributed by atoms with Crippen molar-refractivity contribution in [2.75, 3.05) is 0 Å². The molecule has 0 N–H and O–H groups in total. The van der Waals surface area contributed by atoms with Crippen LogP contribution in [-0.2, 0) is 16.8 Å². The van der Waals surface area contributed by atoms with E-state index < -0.39 is 0 Å². The van der Waals surface area contributed by atoms with Crippen LogP contribution in [0.3, 0.4) is 0 Å². The smallest absolute Gasteiger partial charge is 0.213 e. The molecule has 0 aliphatic carbocycles. The molecule has 2 rings (SSSR count). The summed E-state index contributed by atoms with van der Waals surface area (Å²) in [6.45, 7) is 4.17. The molecule has 1 radical (unpaired) electrons. The van der Waals surface area contributed by atoms with Crippen molar-refractivity contribution in [2.24, 2.45) is 0 Å². The molecule has 71 valence electrons. The molecule has 0 bridgehead atoms. The van der Waals surface area contributed by atoms with Crippen LogP contribution >= 0.6 is 0 Å². The van der Waals surface area contributed by atoms with Gasteiger partial charge in [-0.3, -0.25) is 0 Å². The van der Waals surface area contributed by atoms with Gasteiger partial charge in [0, 0.05) is 0 Å². The normalized spacial score (nSPS) is 8.15. The van der Waals surface area contributed by atoms with Crippen LogP contribution in [0.25, 0.3) is 0 Å². The SMILES string of the molecule is Cc1ccc[cH-]1.Cc1ccc[cH-]1.[Co+2]. The van der Waals surface area contributed by atoms with Crippen molar-refractivity contribution in [3.8, 4) is 0 Å². The summed E-state index contributed by atoms with van der Waals surface area (Å²) < 4.78 is 0. The monoisotopic (exact) mass is 217 g/mol. The second kappa shape index (κ2) is 6.69. The molecule has 0 nitrogen and oxygen atoms in total. The quantitative estimate of drug-likeness (QED) is 0.593. The Kier molecular flexibility index (Phi) is 6.28. The number of hydrogen-bond donors (Lipinski definition) is 0. The minimum atomic E-state index is 0. The van der Waals surface area contributed by atoms with E-state index in [2.05, 4.69) is 38.1 Å². The van der Waals surface area contributed by atoms with Crippen molar-refractivity contribution < 1.29 is 16.8 Å². The molecule has 2 aromatic rings. The fourth-order valence-electron chi connectivity index (χ4n) is 0.940. The van der Waals surface area contributed by atoms with Crippen molar-refractivity contribution in [3.63, 3.8) is 0 Å². The van der Waals surface area contributed by atoms with Gasteiger partial charge in [-0.1, -0.05) is 13.8 Å². The third-order valence-corrected chi connectivity index (χ3v) is 1.66. The molecule has 0 aromatic heterocycles. The van der Waals surface area contributed by atoms with Gasteiger partial charge in [0.25, 0.3) is 0 Å². The van der Waals surface area contributed by atoms with Gasteiger partial charge in [-0.05, 0) is 0 Å². The van der Waals surface area contributed by atoms with Crippen molar-refractivity contribution in [2.45, 2.75) is 13.8 Å². The van der Waals surface area contributed by atoms with Gasteiger partial charge in [-0.15, -0.1) is 0 Å². The van der Waals surface area contributed by atoms with Gasteiger partial charge < -0.3 is 0 Å². The zero-order chi connectivity index (χ0) is 8.81. The fourth-order valence-corrected chi connectivity index (χ4v) is 0.940. The third kappa shape index (κ3) is 5.45. The van der Waals surface area contributed by atoms with E-state index in [-0.39, 0.29) is 16.8 Å². The van der Waals surface area contributed by atoms with E-state index in [1.54, 1.807) is 0 Å². The average Bonchev–Trinajstić information content (AvgIpc) is 2.63. The molecule has 0 fully saturated rings. The predicted molar refractivity (Wildman–Crippen MR) is 53.5 cm³/mol. The summed E-state index contributed by atoms with van der Waals surface area (Å²) in [5, 5.41) is 0. The molecule has 0 spiro atoms. The summed E-state index contributed by atoms with van der Waals surface area (Å²) in [4.78, 5) is 0. The van der Waals surface area contributed by atoms with Crippen molar-refractivity contribution >= 4 is 0 Å². The van der Waals surface area contributed by atoms with Gasteiger partial charge >= 0.3 is 16.8 Å². The molecule has 0 saturated carbocycles. The molecular weight excluding hydrogens is 203 g/mol. The molecule has 0 aliphatic heterocycles. The molecule has 0 unspecified atom stereocenters. The largest absolute Gasteiger partial charge is 2.00 e. The first-order valence-corrected chi connectivity index (χ1v) is 4.15. The summed E-state index contributed by atoms with van der Waals surface area (Å²) >= 11 is 0. The van der Waals surface area contributed by atoms with Gasteiger partial charge in [0.15, 0.2) is 0 Å². The van der Waals surface area contributed by atoms with Crippen LogP contribution in [0.15, 0.2) is 48.5 Å². The minimum Gasteiger partial charge on any atom is -0.213 e. The summed E-state index contributed by atoms with van der Waals surface area (Å²) in [7, 11) is 0. The Morgan fingerprint density at radius 2 is 1.23 bits per heavy atom. The Morgan fingerprint density at radius 3 is 1.31 bits per heavy atom. The van der Waals surface area contributed by atoms with Crippen LogP contribution in [0, 0.1) is 13.8 Å². The van der Waals surface area contributed by atoms with E-state index in [0.29, 0.717) is 0 Å². The molecule has 0 aliphatic rings. The van der Waals surface area contributed by atoms with Gasteiger partial charge in [0.2, 0.25) is 0 Å². The van der Waals surface area contributed by atoms with Crippen LogP contribution in [0.4, 0.5) is 0 Å². The Hall–Kier alpha value is -0.794. The van der Waals surface area contributed by atoms with Gasteiger partial charge in [0.05, 0.1) is 0 Å². The third-order valence-electron chi connectivity index (χ3n) is 1.66. The summed E-state index contributed by atoms with van der Waals surface area (Å²) in [5.74, 6) is 0. The van der Waals surface area contributed by atoms with Crippen LogP contribution < -0.4 is 0 Å². The Morgan fingerprint density at radius 1 is 0.846 bits per heavy atom. The topological polar surface area (TPSA) is 0 Å². The van der Waals surface area contributed by atoms with Crippen LogP contribution in [0.1, 0.15) is 11.1 Å². The minimum absolute atomic E-state index is 0. The van der Waals surface area contributed by atoms with Crippen LogP contribution in [0.2, 0.25) is 0 Å². The first kappa shape index (κ1) is 12.2. The zero-order valence-electron chi connectivity index (χ0n) is 7.95. The maximum Gasteiger partial charge on any atom is 2.00 e. The summed E-state index contributed by atoms with van der Waals surface area (Å²) in [5.41, 5.74) is 2.69. The molecular formula is C12H14Co. The molecule has 0 heterocycles. The maximum atomic E-state index is 2.08. The van der Waals surface area contributed by atoms with Crippen molar-refractivity contribution in [3.05, 3.63) is 59.7 Å². The van der Waals surface area contributed by atoms with Gasteiger partial charge in [-0.2, -0.15) is 35.4 Å². The maximum absolute atomic E-state index is 2.08. The van der Waals surface area contributed by atoms with E-state index in [1.165, 1.54) is 11.1 Å². The van der Waals surface area contributed by atoms with Crippen LogP contribution in [-0.4, -0.2) is 0 Å². The molecule has 13 heavy (non-hydrogen) atoms. The summed E-state index contributed by atoms with van der Waals surface area (Å²) in [6.07, 6.45) is 0. The Balaban J connectivity index is 0.000000206. The molecule has 0 atom stereocenters. The van der Waals surface area contributed by atoms with Gasteiger partial charge in [0.1, 0.15) is 0 Å². The summed E-state index contributed by atoms with van der Waals surface area (Å²) in [6, 6.07) is 16.5. The second-order valence-corrected chi connectivity index (χ2v) is 2.92. The van der Waals surface area contributed by atoms with E-state index in [0.717, 1.165) is 0 Å². The zero-order valence-corrected chi connectivity index (χ0v) is 8.99. The van der Waals surface area contributed by atoms with E-state index in [4.69, 9.17) is 0 Å². The first-order chi connectivity index (χ1) is 5.79. The van der Waals surface area contributed by atoms with Crippen molar-refractivity contribution in [1.82, 2.24) is 0 Å². The first-order valence-electron chi connectivity index (χ1n) is 4.15. The Labute approximate surface area is 90.5 Å². The molecule has 2 aromatic carbocycles. The van der Waals surface area contributed by atoms with Gasteiger partial charge in [-0.25, -0.2) is 24.3 Å². The van der Waals surface area contributed by atoms with Crippen LogP contribution in [0.5, 0.6) is 0 Å². The number of rotatable bonds is 0. The molecule has 1 heteroatoms. The molecule has 0 amide bonds. The second-order valence-electron chi connectivity index (χ2n) is 2.92. The fraction of sp³-hybridized carbons (Fsp3) is 0.167.